The molecule has 0 bridgehead atoms. The summed E-state index contributed by atoms with van der Waals surface area (Å²) in [5.74, 6) is -0.543. The van der Waals surface area contributed by atoms with Gasteiger partial charge in [-0.05, 0) is 61.5 Å². The van der Waals surface area contributed by atoms with E-state index >= 15 is 0 Å². The fourth-order valence-electron chi connectivity index (χ4n) is 3.44. The zero-order valence-corrected chi connectivity index (χ0v) is 21.8. The lowest BCUT2D eigenvalue weighted by molar-refractivity contribution is -0.384. The molecule has 0 atom stereocenters. The summed E-state index contributed by atoms with van der Waals surface area (Å²) < 4.78 is 35.4. The minimum Gasteiger partial charge on any atom is -0.380 e. The summed E-state index contributed by atoms with van der Waals surface area (Å²) >= 11 is 6.98. The molecule has 0 aliphatic rings. The Bertz CT molecular complexity index is 1630. The van der Waals surface area contributed by atoms with Gasteiger partial charge in [0.15, 0.2) is 4.80 Å². The average molecular weight is 561 g/mol. The van der Waals surface area contributed by atoms with E-state index in [1.165, 1.54) is 60.7 Å². The van der Waals surface area contributed by atoms with Crippen molar-refractivity contribution in [2.75, 3.05) is 17.9 Å². The summed E-state index contributed by atoms with van der Waals surface area (Å²) in [7, 11) is -3.83. The van der Waals surface area contributed by atoms with Crippen LogP contribution in [0.1, 0.15) is 17.3 Å². The number of nitrogens with zero attached hydrogens (tertiary/aromatic N) is 3. The fraction of sp³-hybridized carbons (Fsp3) is 0.167. The molecule has 0 aliphatic heterocycles. The van der Waals surface area contributed by atoms with Crippen LogP contribution in [-0.2, 0) is 21.3 Å². The molecule has 4 aromatic rings. The van der Waals surface area contributed by atoms with E-state index in [0.29, 0.717) is 39.8 Å². The molecular formula is C24H21ClN4O6S2. The number of carbonyl (C=O) groups excluding carboxylic acids is 1. The minimum atomic E-state index is -3.83. The van der Waals surface area contributed by atoms with Crippen LogP contribution >= 0.6 is 22.9 Å². The van der Waals surface area contributed by atoms with E-state index in [1.807, 2.05) is 6.92 Å². The molecule has 1 N–H and O–H groups in total. The number of fused-ring (bicyclic) bond motifs is 1. The fourth-order valence-corrected chi connectivity index (χ4v) is 5.71. The normalized spacial score (nSPS) is 12.1. The Morgan fingerprint density at radius 1 is 1.14 bits per heavy atom. The topological polar surface area (TPSA) is 133 Å². The van der Waals surface area contributed by atoms with Crippen LogP contribution in [0, 0.1) is 10.1 Å². The zero-order chi connectivity index (χ0) is 26.6. The van der Waals surface area contributed by atoms with Crippen molar-refractivity contribution in [3.05, 3.63) is 92.2 Å². The van der Waals surface area contributed by atoms with E-state index in [4.69, 9.17) is 16.3 Å². The van der Waals surface area contributed by atoms with Crippen molar-refractivity contribution in [2.45, 2.75) is 18.4 Å². The number of thiazole rings is 1. The smallest absolute Gasteiger partial charge is 0.279 e. The summed E-state index contributed by atoms with van der Waals surface area (Å²) in [6.45, 7) is 3.17. The molecule has 1 aromatic heterocycles. The number of hydrogen-bond acceptors (Lipinski definition) is 7. The second kappa shape index (κ2) is 11.2. The van der Waals surface area contributed by atoms with E-state index in [9.17, 15) is 23.3 Å². The number of nitro benzene ring substituents is 1. The monoisotopic (exact) mass is 560 g/mol. The van der Waals surface area contributed by atoms with Crippen molar-refractivity contribution in [1.29, 1.82) is 0 Å². The molecule has 13 heteroatoms. The second-order valence-corrected chi connectivity index (χ2v) is 10.8. The van der Waals surface area contributed by atoms with Crippen molar-refractivity contribution in [2.24, 2.45) is 4.99 Å². The Balaban J connectivity index is 1.61. The van der Waals surface area contributed by atoms with Crippen LogP contribution in [0.2, 0.25) is 5.02 Å². The summed E-state index contributed by atoms with van der Waals surface area (Å²) in [4.78, 5) is 28.3. The number of amides is 1. The summed E-state index contributed by atoms with van der Waals surface area (Å²) in [6.07, 6.45) is 0. The lowest BCUT2D eigenvalue weighted by atomic mass is 10.2. The third kappa shape index (κ3) is 6.23. The molecule has 0 aliphatic carbocycles. The van der Waals surface area contributed by atoms with Crippen molar-refractivity contribution >= 4 is 60.5 Å². The maximum atomic E-state index is 12.9. The molecular weight excluding hydrogens is 540 g/mol. The molecule has 0 saturated carbocycles. The van der Waals surface area contributed by atoms with Crippen LogP contribution in [0.5, 0.6) is 0 Å². The maximum Gasteiger partial charge on any atom is 0.279 e. The number of ether oxygens (including phenoxy) is 1. The Morgan fingerprint density at radius 3 is 2.49 bits per heavy atom. The van der Waals surface area contributed by atoms with Crippen LogP contribution in [0.15, 0.2) is 76.6 Å². The van der Waals surface area contributed by atoms with Gasteiger partial charge in [0, 0.05) is 41.6 Å². The largest absolute Gasteiger partial charge is 0.380 e. The highest BCUT2D eigenvalue weighted by Gasteiger charge is 2.16. The van der Waals surface area contributed by atoms with E-state index in [1.54, 1.807) is 10.6 Å². The van der Waals surface area contributed by atoms with E-state index < -0.39 is 20.9 Å². The van der Waals surface area contributed by atoms with Gasteiger partial charge in [0.25, 0.3) is 21.6 Å². The van der Waals surface area contributed by atoms with Crippen molar-refractivity contribution in [3.63, 3.8) is 0 Å². The minimum absolute atomic E-state index is 0.0497. The molecule has 0 spiro atoms. The molecule has 37 heavy (non-hydrogen) atoms. The number of nitrogens with one attached hydrogen (secondary N) is 1. The van der Waals surface area contributed by atoms with E-state index in [0.717, 1.165) is 11.3 Å². The Kier molecular flexibility index (Phi) is 8.03. The number of anilines is 1. The average Bonchev–Trinajstić information content (AvgIpc) is 3.20. The molecule has 1 heterocycles. The van der Waals surface area contributed by atoms with Gasteiger partial charge in [-0.1, -0.05) is 22.9 Å². The van der Waals surface area contributed by atoms with E-state index in [2.05, 4.69) is 9.71 Å². The number of hydrogen-bond donors (Lipinski definition) is 1. The van der Waals surface area contributed by atoms with Gasteiger partial charge in [0.2, 0.25) is 0 Å². The highest BCUT2D eigenvalue weighted by atomic mass is 35.5. The number of halogens is 1. The zero-order valence-electron chi connectivity index (χ0n) is 19.5. The van der Waals surface area contributed by atoms with Crippen LogP contribution < -0.4 is 9.52 Å². The second-order valence-electron chi connectivity index (χ2n) is 7.70. The Hall–Kier alpha value is -3.58. The first-order valence-electron chi connectivity index (χ1n) is 11.0. The molecule has 4 rings (SSSR count). The number of benzene rings is 3. The quantitative estimate of drug-likeness (QED) is 0.177. The van der Waals surface area contributed by atoms with Gasteiger partial charge in [-0.25, -0.2) is 8.42 Å². The highest BCUT2D eigenvalue weighted by molar-refractivity contribution is 7.92. The Morgan fingerprint density at radius 2 is 1.84 bits per heavy atom. The molecule has 1 amide bonds. The van der Waals surface area contributed by atoms with E-state index in [-0.39, 0.29) is 21.8 Å². The lowest BCUT2D eigenvalue weighted by Gasteiger charge is -2.08. The van der Waals surface area contributed by atoms with Gasteiger partial charge < -0.3 is 9.30 Å². The molecule has 0 radical (unpaired) electrons. The standard InChI is InChI=1S/C24H21ClN4O6S2/c1-2-35-14-13-28-21-12-9-19(29(31)32)15-22(21)36-24(28)26-23(30)16-3-7-18(8-4-16)27-37(33,34)20-10-5-17(25)6-11-20/h3-12,15,27H,2,13-14H2,1H3. The number of aromatic nitrogens is 1. The summed E-state index contributed by atoms with van der Waals surface area (Å²) in [5, 5.41) is 11.6. The first kappa shape index (κ1) is 26.5. The predicted octanol–water partition coefficient (Wildman–Crippen LogP) is 4.84. The number of rotatable bonds is 9. The van der Waals surface area contributed by atoms with Crippen LogP contribution in [0.4, 0.5) is 11.4 Å². The number of sulfonamides is 1. The summed E-state index contributed by atoms with van der Waals surface area (Å²) in [6, 6.07) is 16.1. The summed E-state index contributed by atoms with van der Waals surface area (Å²) in [5.41, 5.74) is 1.16. The third-order valence-electron chi connectivity index (χ3n) is 5.25. The molecule has 0 fully saturated rings. The molecule has 3 aromatic carbocycles. The maximum absolute atomic E-state index is 12.9. The van der Waals surface area contributed by atoms with Crippen LogP contribution in [0.25, 0.3) is 10.2 Å². The van der Waals surface area contributed by atoms with Gasteiger partial charge >= 0.3 is 0 Å². The van der Waals surface area contributed by atoms with Crippen molar-refractivity contribution in [3.8, 4) is 0 Å². The van der Waals surface area contributed by atoms with Crippen LogP contribution in [-0.4, -0.2) is 37.0 Å². The molecule has 192 valence electrons. The first-order valence-corrected chi connectivity index (χ1v) is 13.7. The van der Waals surface area contributed by atoms with Gasteiger partial charge in [0.1, 0.15) is 0 Å². The number of non-ortho nitro benzene ring substituents is 1. The predicted molar refractivity (Wildman–Crippen MR) is 142 cm³/mol. The molecule has 0 saturated heterocycles. The van der Waals surface area contributed by atoms with Crippen LogP contribution in [0.3, 0.4) is 0 Å². The number of carbonyl (C=O) groups is 1. The highest BCUT2D eigenvalue weighted by Crippen LogP contribution is 2.24. The van der Waals surface area contributed by atoms with Crippen molar-refractivity contribution in [1.82, 2.24) is 4.57 Å². The van der Waals surface area contributed by atoms with Gasteiger partial charge in [-0.2, -0.15) is 4.99 Å². The first-order chi connectivity index (χ1) is 17.7. The SMILES string of the molecule is CCOCCn1c(=NC(=O)c2ccc(NS(=O)(=O)c3ccc(Cl)cc3)cc2)sc2cc([N+](=O)[O-])ccc21. The van der Waals surface area contributed by atoms with Gasteiger partial charge in [0.05, 0.1) is 26.6 Å². The van der Waals surface area contributed by atoms with Gasteiger partial charge in [-0.3, -0.25) is 19.6 Å². The molecule has 0 unspecified atom stereocenters. The number of nitro groups is 1. The van der Waals surface area contributed by atoms with Crippen molar-refractivity contribution < 1.29 is 22.9 Å². The Labute approximate surface area is 221 Å². The molecule has 10 nitrogen and oxygen atoms in total. The lowest BCUT2D eigenvalue weighted by Crippen LogP contribution is -2.19. The van der Waals surface area contributed by atoms with Gasteiger partial charge in [-0.15, -0.1) is 0 Å². The third-order valence-corrected chi connectivity index (χ3v) is 7.94.